The fraction of sp³-hybridized carbons (Fsp3) is 0.385. The van der Waals surface area contributed by atoms with E-state index in [1.165, 1.54) is 19.1 Å². The molecule has 1 N–H and O–H groups in total. The van der Waals surface area contributed by atoms with E-state index in [0.29, 0.717) is 41.6 Å². The highest BCUT2D eigenvalue weighted by Gasteiger charge is 2.47. The van der Waals surface area contributed by atoms with Crippen LogP contribution in [-0.4, -0.2) is 61.8 Å². The number of carbonyl (C=O) groups excluding carboxylic acids is 2. The van der Waals surface area contributed by atoms with Crippen molar-refractivity contribution in [2.75, 3.05) is 34.0 Å². The van der Waals surface area contributed by atoms with Crippen LogP contribution < -0.4 is 14.2 Å². The molecule has 2 aliphatic rings. The van der Waals surface area contributed by atoms with E-state index in [-0.39, 0.29) is 24.0 Å². The second kappa shape index (κ2) is 10.2. The number of ketones is 1. The Balaban J connectivity index is 1.84. The third-order valence-electron chi connectivity index (χ3n) is 6.11. The Kier molecular flexibility index (Phi) is 7.07. The van der Waals surface area contributed by atoms with Crippen molar-refractivity contribution in [1.29, 1.82) is 0 Å². The number of aliphatic hydroxyl groups is 1. The van der Waals surface area contributed by atoms with E-state index >= 15 is 0 Å². The minimum Gasteiger partial charge on any atom is -0.507 e. The summed E-state index contributed by atoms with van der Waals surface area (Å²) < 4.78 is 22.0. The lowest BCUT2D eigenvalue weighted by Crippen LogP contribution is -2.36. The normalized spacial score (nSPS) is 21.7. The summed E-state index contributed by atoms with van der Waals surface area (Å²) in [5, 5.41) is 11.3. The van der Waals surface area contributed by atoms with Gasteiger partial charge in [-0.1, -0.05) is 12.1 Å². The predicted molar refractivity (Wildman–Crippen MR) is 125 cm³/mol. The van der Waals surface area contributed by atoms with E-state index in [9.17, 15) is 14.7 Å². The molecule has 2 aliphatic heterocycles. The van der Waals surface area contributed by atoms with Crippen LogP contribution >= 0.6 is 0 Å². The van der Waals surface area contributed by atoms with Crippen LogP contribution in [0.3, 0.4) is 0 Å². The standard InChI is InChI=1S/C26H29NO7/c1-4-33-18-8-5-7-16(13-18)23-22(24(28)17-10-11-20(31-2)21(14-17)32-3)25(29)26(30)27(23)15-19-9-6-12-34-19/h5,7-8,10-11,13-14,19,23,28H,4,6,9,12,15H2,1-3H3/b24-22+. The molecule has 0 radical (unpaired) electrons. The molecule has 2 heterocycles. The molecule has 8 nitrogen and oxygen atoms in total. The first-order valence-corrected chi connectivity index (χ1v) is 11.3. The first kappa shape index (κ1) is 23.6. The Bertz CT molecular complexity index is 1100. The van der Waals surface area contributed by atoms with E-state index in [1.807, 2.05) is 25.1 Å². The molecule has 0 aromatic heterocycles. The van der Waals surface area contributed by atoms with Gasteiger partial charge in [0.1, 0.15) is 11.5 Å². The molecular formula is C26H29NO7. The molecule has 180 valence electrons. The zero-order valence-corrected chi connectivity index (χ0v) is 19.6. The molecule has 2 atom stereocenters. The van der Waals surface area contributed by atoms with Crippen LogP contribution in [0.5, 0.6) is 17.2 Å². The van der Waals surface area contributed by atoms with Gasteiger partial charge < -0.3 is 29.0 Å². The highest BCUT2D eigenvalue weighted by Crippen LogP contribution is 2.42. The summed E-state index contributed by atoms with van der Waals surface area (Å²) in [6.45, 7) is 3.25. The second-order valence-corrected chi connectivity index (χ2v) is 8.16. The maximum atomic E-state index is 13.2. The fourth-order valence-corrected chi connectivity index (χ4v) is 4.50. The Labute approximate surface area is 198 Å². The van der Waals surface area contributed by atoms with Gasteiger partial charge in [-0.05, 0) is 55.7 Å². The third-order valence-corrected chi connectivity index (χ3v) is 6.11. The molecule has 2 fully saturated rings. The lowest BCUT2D eigenvalue weighted by molar-refractivity contribution is -0.140. The number of rotatable bonds is 8. The smallest absolute Gasteiger partial charge is 0.295 e. The van der Waals surface area contributed by atoms with Crippen LogP contribution in [0.4, 0.5) is 0 Å². The average molecular weight is 468 g/mol. The summed E-state index contributed by atoms with van der Waals surface area (Å²) >= 11 is 0. The maximum Gasteiger partial charge on any atom is 0.295 e. The predicted octanol–water partition coefficient (Wildman–Crippen LogP) is 3.70. The van der Waals surface area contributed by atoms with Gasteiger partial charge in [0.25, 0.3) is 11.7 Å². The molecule has 0 saturated carbocycles. The van der Waals surface area contributed by atoms with Gasteiger partial charge in [-0.2, -0.15) is 0 Å². The van der Waals surface area contributed by atoms with Crippen molar-refractivity contribution in [2.24, 2.45) is 0 Å². The molecular weight excluding hydrogens is 438 g/mol. The SMILES string of the molecule is CCOc1cccc(C2/C(=C(\O)c3ccc(OC)c(OC)c3)C(=O)C(=O)N2CC2CCCO2)c1. The first-order valence-electron chi connectivity index (χ1n) is 11.3. The number of benzene rings is 2. The van der Waals surface area contributed by atoms with E-state index < -0.39 is 17.7 Å². The van der Waals surface area contributed by atoms with Crippen molar-refractivity contribution in [2.45, 2.75) is 31.9 Å². The second-order valence-electron chi connectivity index (χ2n) is 8.16. The number of Topliss-reactive ketones (excluding diaryl/α,β-unsaturated/α-hetero) is 1. The third kappa shape index (κ3) is 4.46. The van der Waals surface area contributed by atoms with Gasteiger partial charge in [-0.3, -0.25) is 9.59 Å². The molecule has 0 aliphatic carbocycles. The number of nitrogens with zero attached hydrogens (tertiary/aromatic N) is 1. The Hall–Kier alpha value is -3.52. The number of aliphatic hydroxyl groups excluding tert-OH is 1. The number of ether oxygens (including phenoxy) is 4. The van der Waals surface area contributed by atoms with Gasteiger partial charge in [-0.25, -0.2) is 0 Å². The number of hydrogen-bond acceptors (Lipinski definition) is 7. The number of carbonyl (C=O) groups is 2. The average Bonchev–Trinajstić information content (AvgIpc) is 3.46. The van der Waals surface area contributed by atoms with Crippen molar-refractivity contribution in [3.8, 4) is 17.2 Å². The maximum absolute atomic E-state index is 13.2. The summed E-state index contributed by atoms with van der Waals surface area (Å²) in [5.74, 6) is -0.176. The van der Waals surface area contributed by atoms with Crippen molar-refractivity contribution in [3.05, 3.63) is 59.2 Å². The summed E-state index contributed by atoms with van der Waals surface area (Å²) in [5.41, 5.74) is 1.03. The molecule has 2 aromatic carbocycles. The number of likely N-dealkylation sites (tertiary alicyclic amines) is 1. The molecule has 8 heteroatoms. The van der Waals surface area contributed by atoms with E-state index in [4.69, 9.17) is 18.9 Å². The van der Waals surface area contributed by atoms with Gasteiger partial charge in [0, 0.05) is 18.7 Å². The van der Waals surface area contributed by atoms with Crippen molar-refractivity contribution in [1.82, 2.24) is 4.90 Å². The summed E-state index contributed by atoms with van der Waals surface area (Å²) in [6.07, 6.45) is 1.56. The monoisotopic (exact) mass is 467 g/mol. The Morgan fingerprint density at radius 3 is 2.59 bits per heavy atom. The van der Waals surface area contributed by atoms with E-state index in [1.54, 1.807) is 24.3 Å². The molecule has 2 aromatic rings. The lowest BCUT2D eigenvalue weighted by Gasteiger charge is -2.27. The van der Waals surface area contributed by atoms with Gasteiger partial charge in [0.15, 0.2) is 11.5 Å². The molecule has 2 unspecified atom stereocenters. The first-order chi connectivity index (χ1) is 16.5. The minimum atomic E-state index is -0.780. The largest absolute Gasteiger partial charge is 0.507 e. The topological polar surface area (TPSA) is 94.5 Å². The van der Waals surface area contributed by atoms with Crippen LogP contribution in [0.15, 0.2) is 48.0 Å². The fourth-order valence-electron chi connectivity index (χ4n) is 4.50. The summed E-state index contributed by atoms with van der Waals surface area (Å²) in [4.78, 5) is 27.9. The summed E-state index contributed by atoms with van der Waals surface area (Å²) in [6, 6.07) is 11.3. The highest BCUT2D eigenvalue weighted by molar-refractivity contribution is 6.46. The van der Waals surface area contributed by atoms with Gasteiger partial charge >= 0.3 is 0 Å². The number of hydrogen-bond donors (Lipinski definition) is 1. The molecule has 4 rings (SSSR count). The van der Waals surface area contributed by atoms with Crippen molar-refractivity contribution in [3.63, 3.8) is 0 Å². The zero-order chi connectivity index (χ0) is 24.2. The van der Waals surface area contributed by atoms with E-state index in [2.05, 4.69) is 0 Å². The highest BCUT2D eigenvalue weighted by atomic mass is 16.5. The quantitative estimate of drug-likeness (QED) is 0.359. The van der Waals surface area contributed by atoms with Crippen LogP contribution in [0.25, 0.3) is 5.76 Å². The zero-order valence-electron chi connectivity index (χ0n) is 19.6. The van der Waals surface area contributed by atoms with Gasteiger partial charge in [0.05, 0.1) is 38.5 Å². The van der Waals surface area contributed by atoms with Gasteiger partial charge in [-0.15, -0.1) is 0 Å². The Morgan fingerprint density at radius 1 is 1.12 bits per heavy atom. The lowest BCUT2D eigenvalue weighted by atomic mass is 9.95. The van der Waals surface area contributed by atoms with Crippen LogP contribution in [0, 0.1) is 0 Å². The van der Waals surface area contributed by atoms with Gasteiger partial charge in [0.2, 0.25) is 0 Å². The summed E-state index contributed by atoms with van der Waals surface area (Å²) in [7, 11) is 3.00. The molecule has 2 saturated heterocycles. The van der Waals surface area contributed by atoms with Crippen LogP contribution in [-0.2, 0) is 14.3 Å². The molecule has 1 amide bonds. The molecule has 34 heavy (non-hydrogen) atoms. The number of amides is 1. The van der Waals surface area contributed by atoms with E-state index in [0.717, 1.165) is 12.8 Å². The number of methoxy groups -OCH3 is 2. The van der Waals surface area contributed by atoms with Crippen LogP contribution in [0.2, 0.25) is 0 Å². The van der Waals surface area contributed by atoms with Crippen LogP contribution in [0.1, 0.15) is 36.9 Å². The minimum absolute atomic E-state index is 0.0175. The van der Waals surface area contributed by atoms with Crippen molar-refractivity contribution >= 4 is 17.4 Å². The molecule has 0 spiro atoms. The van der Waals surface area contributed by atoms with Crippen molar-refractivity contribution < 1.29 is 33.6 Å². The Morgan fingerprint density at radius 2 is 1.91 bits per heavy atom. The molecule has 0 bridgehead atoms.